The molecule has 1 rings (SSSR count). The molecule has 94 valence electrons. The molecule has 0 aliphatic rings. The zero-order valence-electron chi connectivity index (χ0n) is 11.3. The quantitative estimate of drug-likeness (QED) is 0.841. The molecular formula is C14H22N2O. The predicted octanol–water partition coefficient (Wildman–Crippen LogP) is 2.63. The Morgan fingerprint density at radius 2 is 1.76 bits per heavy atom. The van der Waals surface area contributed by atoms with E-state index in [4.69, 9.17) is 0 Å². The van der Waals surface area contributed by atoms with Gasteiger partial charge >= 0.3 is 0 Å². The molecule has 1 amide bonds. The van der Waals surface area contributed by atoms with Gasteiger partial charge < -0.3 is 10.6 Å². The lowest BCUT2D eigenvalue weighted by Gasteiger charge is -2.17. The highest BCUT2D eigenvalue weighted by Crippen LogP contribution is 2.14. The highest BCUT2D eigenvalue weighted by atomic mass is 16.2. The second-order valence-electron chi connectivity index (χ2n) is 4.83. The molecule has 17 heavy (non-hydrogen) atoms. The molecule has 0 fully saturated rings. The van der Waals surface area contributed by atoms with Crippen LogP contribution in [-0.2, 0) is 4.79 Å². The summed E-state index contributed by atoms with van der Waals surface area (Å²) < 4.78 is 0. The summed E-state index contributed by atoms with van der Waals surface area (Å²) in [6.07, 6.45) is 0. The zero-order chi connectivity index (χ0) is 13.0. The van der Waals surface area contributed by atoms with Gasteiger partial charge in [-0.2, -0.15) is 0 Å². The summed E-state index contributed by atoms with van der Waals surface area (Å²) in [6.45, 7) is 9.93. The lowest BCUT2D eigenvalue weighted by Crippen LogP contribution is -2.40. The van der Waals surface area contributed by atoms with E-state index in [1.807, 2.05) is 26.8 Å². The molecule has 3 nitrogen and oxygen atoms in total. The van der Waals surface area contributed by atoms with Crippen LogP contribution < -0.4 is 10.6 Å². The van der Waals surface area contributed by atoms with Gasteiger partial charge in [-0.15, -0.1) is 0 Å². The summed E-state index contributed by atoms with van der Waals surface area (Å²) in [4.78, 5) is 11.7. The number of hydrogen-bond acceptors (Lipinski definition) is 2. The Bertz CT molecular complexity index is 399. The first kappa shape index (κ1) is 13.6. The molecule has 0 aromatic heterocycles. The average Bonchev–Trinajstić information content (AvgIpc) is 2.22. The fraction of sp³-hybridized carbons (Fsp3) is 0.500. The Kier molecular flexibility index (Phi) is 4.55. The van der Waals surface area contributed by atoms with E-state index in [-0.39, 0.29) is 18.0 Å². The normalized spacial score (nSPS) is 12.4. The van der Waals surface area contributed by atoms with E-state index in [2.05, 4.69) is 36.6 Å². The number of hydrogen-bond donors (Lipinski definition) is 2. The topological polar surface area (TPSA) is 41.1 Å². The fourth-order valence-electron chi connectivity index (χ4n) is 1.56. The summed E-state index contributed by atoms with van der Waals surface area (Å²) in [5, 5.41) is 6.09. The molecule has 0 spiro atoms. The van der Waals surface area contributed by atoms with Gasteiger partial charge in [-0.1, -0.05) is 6.07 Å². The first-order valence-corrected chi connectivity index (χ1v) is 6.04. The van der Waals surface area contributed by atoms with Gasteiger partial charge in [0.1, 0.15) is 6.04 Å². The average molecular weight is 234 g/mol. The van der Waals surface area contributed by atoms with Gasteiger partial charge in [0.25, 0.3) is 0 Å². The van der Waals surface area contributed by atoms with Crippen LogP contribution >= 0.6 is 0 Å². The smallest absolute Gasteiger partial charge is 0.242 e. The van der Waals surface area contributed by atoms with Gasteiger partial charge in [0, 0.05) is 11.7 Å². The molecular weight excluding hydrogens is 212 g/mol. The lowest BCUT2D eigenvalue weighted by molar-refractivity contribution is -0.122. The van der Waals surface area contributed by atoms with E-state index in [0.29, 0.717) is 0 Å². The molecule has 3 heteroatoms. The number of amides is 1. The van der Waals surface area contributed by atoms with Gasteiger partial charge in [-0.3, -0.25) is 4.79 Å². The minimum atomic E-state index is -0.223. The Balaban J connectivity index is 2.64. The van der Waals surface area contributed by atoms with E-state index in [1.165, 1.54) is 11.1 Å². The molecule has 0 aliphatic carbocycles. The van der Waals surface area contributed by atoms with Crippen LogP contribution in [0.5, 0.6) is 0 Å². The van der Waals surface area contributed by atoms with E-state index in [1.54, 1.807) is 0 Å². The highest BCUT2D eigenvalue weighted by Gasteiger charge is 2.13. The number of aryl methyl sites for hydroxylation is 2. The number of nitrogens with one attached hydrogen (secondary N) is 2. The Labute approximate surface area is 104 Å². The molecule has 1 atom stereocenters. The number of benzene rings is 1. The number of carbonyl (C=O) groups is 1. The summed E-state index contributed by atoms with van der Waals surface area (Å²) in [6, 6.07) is 6.08. The SMILES string of the molecule is Cc1ccc(NC(C)C(=O)NC(C)C)cc1C. The van der Waals surface area contributed by atoms with Crippen LogP contribution in [-0.4, -0.2) is 18.0 Å². The first-order chi connectivity index (χ1) is 7.90. The van der Waals surface area contributed by atoms with Crippen LogP contribution in [0.25, 0.3) is 0 Å². The van der Waals surface area contributed by atoms with Crippen molar-refractivity contribution in [1.82, 2.24) is 5.32 Å². The maximum atomic E-state index is 11.7. The molecule has 1 aromatic carbocycles. The maximum absolute atomic E-state index is 11.7. The van der Waals surface area contributed by atoms with Gasteiger partial charge in [-0.05, 0) is 57.9 Å². The van der Waals surface area contributed by atoms with Crippen molar-refractivity contribution < 1.29 is 4.79 Å². The zero-order valence-corrected chi connectivity index (χ0v) is 11.3. The Morgan fingerprint density at radius 1 is 1.12 bits per heavy atom. The Hall–Kier alpha value is -1.51. The van der Waals surface area contributed by atoms with Crippen molar-refractivity contribution in [1.29, 1.82) is 0 Å². The first-order valence-electron chi connectivity index (χ1n) is 6.04. The summed E-state index contributed by atoms with van der Waals surface area (Å²) in [7, 11) is 0. The second-order valence-corrected chi connectivity index (χ2v) is 4.83. The van der Waals surface area contributed by atoms with Gasteiger partial charge in [0.2, 0.25) is 5.91 Å². The lowest BCUT2D eigenvalue weighted by atomic mass is 10.1. The molecule has 0 saturated carbocycles. The number of anilines is 1. The third kappa shape index (κ3) is 4.10. The third-order valence-electron chi connectivity index (χ3n) is 2.71. The van der Waals surface area contributed by atoms with Gasteiger partial charge in [-0.25, -0.2) is 0 Å². The van der Waals surface area contributed by atoms with Gasteiger partial charge in [0.05, 0.1) is 0 Å². The molecule has 1 aromatic rings. The number of carbonyl (C=O) groups excluding carboxylic acids is 1. The molecule has 0 radical (unpaired) electrons. The number of rotatable bonds is 4. The van der Waals surface area contributed by atoms with Crippen LogP contribution in [0.4, 0.5) is 5.69 Å². The molecule has 0 saturated heterocycles. The van der Waals surface area contributed by atoms with Gasteiger partial charge in [0.15, 0.2) is 0 Å². The van der Waals surface area contributed by atoms with Crippen molar-refractivity contribution in [3.8, 4) is 0 Å². The van der Waals surface area contributed by atoms with Crippen LogP contribution in [0.3, 0.4) is 0 Å². The van der Waals surface area contributed by atoms with Crippen LogP contribution in [0.1, 0.15) is 31.9 Å². The summed E-state index contributed by atoms with van der Waals surface area (Å²) >= 11 is 0. The van der Waals surface area contributed by atoms with Crippen molar-refractivity contribution in [2.75, 3.05) is 5.32 Å². The standard InChI is InChI=1S/C14H22N2O/c1-9(2)15-14(17)12(5)16-13-7-6-10(3)11(4)8-13/h6-9,12,16H,1-5H3,(H,15,17). The van der Waals surface area contributed by atoms with E-state index in [9.17, 15) is 4.79 Å². The monoisotopic (exact) mass is 234 g/mol. The Morgan fingerprint density at radius 3 is 2.29 bits per heavy atom. The van der Waals surface area contributed by atoms with Crippen molar-refractivity contribution in [3.05, 3.63) is 29.3 Å². The van der Waals surface area contributed by atoms with Crippen LogP contribution in [0.2, 0.25) is 0 Å². The largest absolute Gasteiger partial charge is 0.374 e. The van der Waals surface area contributed by atoms with E-state index < -0.39 is 0 Å². The van der Waals surface area contributed by atoms with Crippen LogP contribution in [0.15, 0.2) is 18.2 Å². The highest BCUT2D eigenvalue weighted by molar-refractivity contribution is 5.84. The van der Waals surface area contributed by atoms with Crippen molar-refractivity contribution in [2.45, 2.75) is 46.7 Å². The van der Waals surface area contributed by atoms with Crippen molar-refractivity contribution >= 4 is 11.6 Å². The minimum Gasteiger partial charge on any atom is -0.374 e. The summed E-state index contributed by atoms with van der Waals surface area (Å²) in [5.41, 5.74) is 3.47. The third-order valence-corrected chi connectivity index (χ3v) is 2.71. The van der Waals surface area contributed by atoms with Crippen LogP contribution in [0, 0.1) is 13.8 Å². The molecule has 0 aliphatic heterocycles. The van der Waals surface area contributed by atoms with Crippen molar-refractivity contribution in [2.24, 2.45) is 0 Å². The molecule has 2 N–H and O–H groups in total. The van der Waals surface area contributed by atoms with Crippen molar-refractivity contribution in [3.63, 3.8) is 0 Å². The van der Waals surface area contributed by atoms with E-state index >= 15 is 0 Å². The van der Waals surface area contributed by atoms with E-state index in [0.717, 1.165) is 5.69 Å². The maximum Gasteiger partial charge on any atom is 0.242 e. The molecule has 0 heterocycles. The fourth-order valence-corrected chi connectivity index (χ4v) is 1.56. The molecule has 0 bridgehead atoms. The molecule has 1 unspecified atom stereocenters. The summed E-state index contributed by atoms with van der Waals surface area (Å²) in [5.74, 6) is 0.0261. The predicted molar refractivity (Wildman–Crippen MR) is 72.3 cm³/mol. The second kappa shape index (κ2) is 5.71. The minimum absolute atomic E-state index is 0.0261.